The van der Waals surface area contributed by atoms with Crippen molar-refractivity contribution in [1.82, 2.24) is 10.6 Å². The molecule has 1 aromatic carbocycles. The first-order valence-corrected chi connectivity index (χ1v) is 8.55. The lowest BCUT2D eigenvalue weighted by atomic mass is 9.87. The van der Waals surface area contributed by atoms with Gasteiger partial charge in [0.15, 0.2) is 5.96 Å². The fourth-order valence-corrected chi connectivity index (χ4v) is 2.94. The third-order valence-electron chi connectivity index (χ3n) is 4.40. The maximum Gasteiger partial charge on any atom is 0.191 e. The largest absolute Gasteiger partial charge is 0.392 e. The summed E-state index contributed by atoms with van der Waals surface area (Å²) in [6, 6.07) is 5.25. The Labute approximate surface area is 161 Å². The zero-order valence-electron chi connectivity index (χ0n) is 14.5. The van der Waals surface area contributed by atoms with Gasteiger partial charge in [-0.25, -0.2) is 9.38 Å². The van der Waals surface area contributed by atoms with Crippen LogP contribution in [0.3, 0.4) is 0 Å². The van der Waals surface area contributed by atoms with Gasteiger partial charge in [-0.05, 0) is 56.2 Å². The predicted molar refractivity (Wildman–Crippen MR) is 107 cm³/mol. The van der Waals surface area contributed by atoms with Gasteiger partial charge in [0.1, 0.15) is 5.82 Å². The quantitative estimate of drug-likeness (QED) is 0.366. The molecule has 0 radical (unpaired) electrons. The number of guanidine groups is 1. The van der Waals surface area contributed by atoms with E-state index >= 15 is 0 Å². The number of halogens is 2. The summed E-state index contributed by atoms with van der Waals surface area (Å²) in [5.41, 5.74) is 1.21. The van der Waals surface area contributed by atoms with E-state index in [0.717, 1.165) is 24.0 Å². The number of aliphatic imine (C=N–C) groups is 1. The third kappa shape index (κ3) is 6.55. The van der Waals surface area contributed by atoms with Crippen molar-refractivity contribution in [3.63, 3.8) is 0 Å². The number of rotatable bonds is 5. The highest BCUT2D eigenvalue weighted by Gasteiger charge is 2.18. The van der Waals surface area contributed by atoms with Crippen LogP contribution in [0.25, 0.3) is 0 Å². The van der Waals surface area contributed by atoms with Crippen molar-refractivity contribution in [2.45, 2.75) is 58.7 Å². The van der Waals surface area contributed by atoms with Gasteiger partial charge >= 0.3 is 0 Å². The average Bonchev–Trinajstić information content (AvgIpc) is 2.56. The van der Waals surface area contributed by atoms with Gasteiger partial charge in [-0.15, -0.1) is 24.0 Å². The minimum absolute atomic E-state index is 0. The Morgan fingerprint density at radius 2 is 2.00 bits per heavy atom. The standard InChI is InChI=1S/C18H28FN3O.HI/c1-3-20-18(22-16-7-4-13(2)5-8-16)21-11-14-6-9-17(19)15(10-14)12-23;/h6,9-10,13,16,23H,3-5,7-8,11-12H2,1-2H3,(H2,20,21,22);1H. The second-order valence-corrected chi connectivity index (χ2v) is 6.38. The lowest BCUT2D eigenvalue weighted by Crippen LogP contribution is -2.44. The van der Waals surface area contributed by atoms with E-state index in [1.165, 1.54) is 31.7 Å². The summed E-state index contributed by atoms with van der Waals surface area (Å²) in [6.07, 6.45) is 4.87. The predicted octanol–water partition coefficient (Wildman–Crippen LogP) is 3.57. The first kappa shape index (κ1) is 21.2. The van der Waals surface area contributed by atoms with Crippen LogP contribution in [-0.4, -0.2) is 23.7 Å². The number of nitrogens with zero attached hydrogens (tertiary/aromatic N) is 1. The minimum Gasteiger partial charge on any atom is -0.392 e. The van der Waals surface area contributed by atoms with E-state index < -0.39 is 0 Å². The number of hydrogen-bond acceptors (Lipinski definition) is 2. The monoisotopic (exact) mass is 449 g/mol. The molecule has 0 aromatic heterocycles. The van der Waals surface area contributed by atoms with Gasteiger partial charge < -0.3 is 15.7 Å². The van der Waals surface area contributed by atoms with Crippen molar-refractivity contribution in [1.29, 1.82) is 0 Å². The molecule has 1 aromatic rings. The molecule has 6 heteroatoms. The molecule has 0 bridgehead atoms. The molecule has 2 rings (SSSR count). The van der Waals surface area contributed by atoms with Crippen LogP contribution in [0.2, 0.25) is 0 Å². The van der Waals surface area contributed by atoms with Gasteiger partial charge in [0.25, 0.3) is 0 Å². The van der Waals surface area contributed by atoms with Crippen LogP contribution < -0.4 is 10.6 Å². The number of aliphatic hydroxyl groups is 1. The Hall–Kier alpha value is -0.890. The molecule has 0 aliphatic heterocycles. The molecule has 1 aliphatic rings. The van der Waals surface area contributed by atoms with Gasteiger partial charge in [-0.1, -0.05) is 13.0 Å². The molecule has 1 aliphatic carbocycles. The summed E-state index contributed by atoms with van der Waals surface area (Å²) in [6.45, 7) is 5.33. The molecule has 3 N–H and O–H groups in total. The molecule has 0 spiro atoms. The van der Waals surface area contributed by atoms with Crippen molar-refractivity contribution < 1.29 is 9.50 Å². The van der Waals surface area contributed by atoms with E-state index in [0.29, 0.717) is 18.2 Å². The summed E-state index contributed by atoms with van der Waals surface area (Å²) in [4.78, 5) is 4.59. The SMILES string of the molecule is CCNC(=NCc1ccc(F)c(CO)c1)NC1CCC(C)CC1.I. The van der Waals surface area contributed by atoms with E-state index in [9.17, 15) is 4.39 Å². The van der Waals surface area contributed by atoms with Crippen LogP contribution in [0.15, 0.2) is 23.2 Å². The Balaban J connectivity index is 0.00000288. The molecule has 0 atom stereocenters. The highest BCUT2D eigenvalue weighted by Crippen LogP contribution is 2.23. The molecule has 0 heterocycles. The molecular weight excluding hydrogens is 420 g/mol. The topological polar surface area (TPSA) is 56.7 Å². The number of nitrogens with one attached hydrogen (secondary N) is 2. The molecule has 4 nitrogen and oxygen atoms in total. The van der Waals surface area contributed by atoms with E-state index in [4.69, 9.17) is 5.11 Å². The number of hydrogen-bond donors (Lipinski definition) is 3. The summed E-state index contributed by atoms with van der Waals surface area (Å²) < 4.78 is 13.4. The van der Waals surface area contributed by atoms with Crippen molar-refractivity contribution in [2.75, 3.05) is 6.54 Å². The zero-order valence-corrected chi connectivity index (χ0v) is 16.8. The van der Waals surface area contributed by atoms with Crippen LogP contribution in [0.4, 0.5) is 4.39 Å². The Morgan fingerprint density at radius 1 is 1.29 bits per heavy atom. The first-order valence-electron chi connectivity index (χ1n) is 8.55. The van der Waals surface area contributed by atoms with Crippen molar-refractivity contribution >= 4 is 29.9 Å². The van der Waals surface area contributed by atoms with Gasteiger partial charge in [0, 0.05) is 18.2 Å². The summed E-state index contributed by atoms with van der Waals surface area (Å²) >= 11 is 0. The van der Waals surface area contributed by atoms with Crippen LogP contribution in [-0.2, 0) is 13.2 Å². The molecule has 24 heavy (non-hydrogen) atoms. The average molecular weight is 449 g/mol. The normalized spacial score (nSPS) is 21.1. The van der Waals surface area contributed by atoms with E-state index in [-0.39, 0.29) is 36.4 Å². The van der Waals surface area contributed by atoms with E-state index in [1.807, 2.05) is 6.92 Å². The Kier molecular flexibility index (Phi) is 9.58. The fourth-order valence-electron chi connectivity index (χ4n) is 2.94. The Morgan fingerprint density at radius 3 is 2.62 bits per heavy atom. The summed E-state index contributed by atoms with van der Waals surface area (Å²) in [7, 11) is 0. The van der Waals surface area contributed by atoms with E-state index in [1.54, 1.807) is 12.1 Å². The molecular formula is C18H29FIN3O. The second kappa shape index (κ2) is 10.9. The molecule has 0 saturated heterocycles. The van der Waals surface area contributed by atoms with Crippen molar-refractivity contribution in [3.8, 4) is 0 Å². The van der Waals surface area contributed by atoms with Crippen LogP contribution in [0, 0.1) is 11.7 Å². The van der Waals surface area contributed by atoms with Crippen LogP contribution in [0.1, 0.15) is 50.7 Å². The van der Waals surface area contributed by atoms with Crippen molar-refractivity contribution in [3.05, 3.63) is 35.1 Å². The maximum absolute atomic E-state index is 13.4. The van der Waals surface area contributed by atoms with Gasteiger partial charge in [0.2, 0.25) is 0 Å². The molecule has 136 valence electrons. The number of aliphatic hydroxyl groups excluding tert-OH is 1. The molecule has 1 fully saturated rings. The molecule has 0 amide bonds. The first-order chi connectivity index (χ1) is 11.1. The highest BCUT2D eigenvalue weighted by atomic mass is 127. The molecule has 0 unspecified atom stereocenters. The third-order valence-corrected chi connectivity index (χ3v) is 4.40. The second-order valence-electron chi connectivity index (χ2n) is 6.38. The van der Waals surface area contributed by atoms with Crippen LogP contribution >= 0.6 is 24.0 Å². The minimum atomic E-state index is -0.374. The van der Waals surface area contributed by atoms with E-state index in [2.05, 4.69) is 22.5 Å². The van der Waals surface area contributed by atoms with Crippen molar-refractivity contribution in [2.24, 2.45) is 10.9 Å². The Bertz CT molecular complexity index is 531. The zero-order chi connectivity index (χ0) is 16.7. The fraction of sp³-hybridized carbons (Fsp3) is 0.611. The summed E-state index contributed by atoms with van der Waals surface area (Å²) in [5, 5.41) is 15.9. The van der Waals surface area contributed by atoms with Crippen LogP contribution in [0.5, 0.6) is 0 Å². The van der Waals surface area contributed by atoms with Gasteiger partial charge in [0.05, 0.1) is 13.2 Å². The lowest BCUT2D eigenvalue weighted by molar-refractivity contribution is 0.275. The van der Waals surface area contributed by atoms with Gasteiger partial charge in [-0.3, -0.25) is 0 Å². The van der Waals surface area contributed by atoms with Gasteiger partial charge in [-0.2, -0.15) is 0 Å². The molecule has 1 saturated carbocycles. The smallest absolute Gasteiger partial charge is 0.191 e. The summed E-state index contributed by atoms with van der Waals surface area (Å²) in [5.74, 6) is 1.26. The maximum atomic E-state index is 13.4. The lowest BCUT2D eigenvalue weighted by Gasteiger charge is -2.28. The highest BCUT2D eigenvalue weighted by molar-refractivity contribution is 14.0. The number of benzene rings is 1.